The molecule has 2 aromatic carbocycles. The summed E-state index contributed by atoms with van der Waals surface area (Å²) in [4.78, 5) is 4.48. The molecule has 0 unspecified atom stereocenters. The van der Waals surface area contributed by atoms with Crippen LogP contribution in [0.2, 0.25) is 0 Å². The van der Waals surface area contributed by atoms with Crippen molar-refractivity contribution in [1.82, 2.24) is 4.98 Å². The van der Waals surface area contributed by atoms with Gasteiger partial charge in [0.05, 0.1) is 11.9 Å². The highest BCUT2D eigenvalue weighted by Crippen LogP contribution is 2.24. The highest BCUT2D eigenvalue weighted by atomic mass is 32.1. The van der Waals surface area contributed by atoms with Gasteiger partial charge in [0.2, 0.25) is 5.13 Å². The van der Waals surface area contributed by atoms with E-state index in [1.807, 2.05) is 35.7 Å². The summed E-state index contributed by atoms with van der Waals surface area (Å²) in [5, 5.41) is 24.9. The Morgan fingerprint density at radius 1 is 1.04 bits per heavy atom. The van der Waals surface area contributed by atoms with Crippen LogP contribution in [0.4, 0.5) is 5.13 Å². The van der Waals surface area contributed by atoms with Gasteiger partial charge in [0, 0.05) is 10.9 Å². The Hall–Kier alpha value is -2.48. The van der Waals surface area contributed by atoms with Crippen LogP contribution in [0, 0.1) is 0 Å². The van der Waals surface area contributed by atoms with E-state index < -0.39 is 7.12 Å². The minimum absolute atomic E-state index is 0.447. The molecular formula is C16H14BN3O2S. The van der Waals surface area contributed by atoms with Crippen molar-refractivity contribution in [1.29, 1.82) is 0 Å². The second-order valence-corrected chi connectivity index (χ2v) is 5.67. The van der Waals surface area contributed by atoms with Gasteiger partial charge in [-0.2, -0.15) is 5.10 Å². The molecule has 23 heavy (non-hydrogen) atoms. The van der Waals surface area contributed by atoms with Crippen molar-refractivity contribution >= 4 is 35.3 Å². The van der Waals surface area contributed by atoms with Gasteiger partial charge in [0.15, 0.2) is 0 Å². The number of benzene rings is 2. The molecular weight excluding hydrogens is 309 g/mol. The maximum atomic E-state index is 9.04. The van der Waals surface area contributed by atoms with E-state index in [1.165, 1.54) is 11.3 Å². The van der Waals surface area contributed by atoms with E-state index in [4.69, 9.17) is 10.0 Å². The third-order valence-corrected chi connectivity index (χ3v) is 3.93. The molecule has 1 aromatic heterocycles. The number of nitrogens with one attached hydrogen (secondary N) is 1. The Morgan fingerprint density at radius 3 is 2.48 bits per heavy atom. The maximum Gasteiger partial charge on any atom is 0.488 e. The molecule has 0 aliphatic carbocycles. The number of hydrogen-bond acceptors (Lipinski definition) is 6. The first-order chi connectivity index (χ1) is 11.2. The lowest BCUT2D eigenvalue weighted by atomic mass is 9.80. The van der Waals surface area contributed by atoms with Gasteiger partial charge in [-0.05, 0) is 11.0 Å². The molecule has 7 heteroatoms. The quantitative estimate of drug-likeness (QED) is 0.381. The first-order valence-electron chi connectivity index (χ1n) is 6.98. The predicted octanol–water partition coefficient (Wildman–Crippen LogP) is 1.94. The predicted molar refractivity (Wildman–Crippen MR) is 95.0 cm³/mol. The summed E-state index contributed by atoms with van der Waals surface area (Å²) in [6, 6.07) is 16.8. The zero-order chi connectivity index (χ0) is 16.1. The first-order valence-corrected chi connectivity index (χ1v) is 7.86. The topological polar surface area (TPSA) is 77.7 Å². The Kier molecular flexibility index (Phi) is 4.82. The monoisotopic (exact) mass is 323 g/mol. The van der Waals surface area contributed by atoms with Gasteiger partial charge < -0.3 is 10.0 Å². The van der Waals surface area contributed by atoms with Crippen molar-refractivity contribution in [3.05, 3.63) is 65.5 Å². The summed E-state index contributed by atoms with van der Waals surface area (Å²) in [7, 11) is -1.45. The fourth-order valence-corrected chi connectivity index (χ4v) is 2.65. The number of rotatable bonds is 5. The van der Waals surface area contributed by atoms with Gasteiger partial charge in [0.25, 0.3) is 0 Å². The fraction of sp³-hybridized carbons (Fsp3) is 0. The molecule has 0 saturated heterocycles. The van der Waals surface area contributed by atoms with Crippen LogP contribution in [0.5, 0.6) is 0 Å². The number of hydrogen-bond donors (Lipinski definition) is 3. The molecule has 0 saturated carbocycles. The largest absolute Gasteiger partial charge is 0.488 e. The van der Waals surface area contributed by atoms with Crippen molar-refractivity contribution in [2.75, 3.05) is 5.43 Å². The second-order valence-electron chi connectivity index (χ2n) is 4.81. The lowest BCUT2D eigenvalue weighted by molar-refractivity contribution is 0.426. The first kappa shape index (κ1) is 15.4. The van der Waals surface area contributed by atoms with Crippen LogP contribution in [-0.4, -0.2) is 28.4 Å². The molecule has 3 N–H and O–H groups in total. The lowest BCUT2D eigenvalue weighted by Gasteiger charge is -1.99. The van der Waals surface area contributed by atoms with Crippen LogP contribution >= 0.6 is 11.3 Å². The molecule has 0 radical (unpaired) electrons. The van der Waals surface area contributed by atoms with Crippen molar-refractivity contribution < 1.29 is 10.0 Å². The molecule has 0 bridgehead atoms. The number of nitrogens with zero attached hydrogens (tertiary/aromatic N) is 2. The molecule has 0 fully saturated rings. The summed E-state index contributed by atoms with van der Waals surface area (Å²) in [5.74, 6) is 0. The minimum atomic E-state index is -1.45. The highest BCUT2D eigenvalue weighted by molar-refractivity contribution is 7.14. The van der Waals surface area contributed by atoms with E-state index >= 15 is 0 Å². The molecule has 0 aliphatic heterocycles. The van der Waals surface area contributed by atoms with Gasteiger partial charge in [-0.3, -0.25) is 5.43 Å². The smallest absolute Gasteiger partial charge is 0.423 e. The molecule has 0 aliphatic rings. The van der Waals surface area contributed by atoms with E-state index in [9.17, 15) is 0 Å². The van der Waals surface area contributed by atoms with Crippen LogP contribution in [0.25, 0.3) is 11.3 Å². The van der Waals surface area contributed by atoms with Gasteiger partial charge in [-0.25, -0.2) is 4.98 Å². The van der Waals surface area contributed by atoms with Crippen molar-refractivity contribution in [3.63, 3.8) is 0 Å². The third kappa shape index (κ3) is 4.04. The van der Waals surface area contributed by atoms with E-state index in [0.29, 0.717) is 10.6 Å². The van der Waals surface area contributed by atoms with E-state index in [2.05, 4.69) is 15.5 Å². The Labute approximate surface area is 138 Å². The lowest BCUT2D eigenvalue weighted by Crippen LogP contribution is -2.29. The normalized spacial score (nSPS) is 10.9. The SMILES string of the molecule is OB(O)c1ccc(C=NNc2nc(-c3ccccc3)cs2)cc1. The molecule has 3 rings (SSSR count). The van der Waals surface area contributed by atoms with Gasteiger partial charge in [0.1, 0.15) is 0 Å². The average molecular weight is 323 g/mol. The zero-order valence-electron chi connectivity index (χ0n) is 12.1. The minimum Gasteiger partial charge on any atom is -0.423 e. The fourth-order valence-electron chi connectivity index (χ4n) is 1.98. The summed E-state index contributed by atoms with van der Waals surface area (Å²) in [6.07, 6.45) is 1.65. The summed E-state index contributed by atoms with van der Waals surface area (Å²) in [5.41, 5.74) is 6.17. The van der Waals surface area contributed by atoms with Gasteiger partial charge in [-0.15, -0.1) is 11.3 Å². The van der Waals surface area contributed by atoms with E-state index in [0.717, 1.165) is 16.8 Å². The van der Waals surface area contributed by atoms with Gasteiger partial charge in [-0.1, -0.05) is 54.6 Å². The molecule has 0 amide bonds. The van der Waals surface area contributed by atoms with Crippen LogP contribution in [0.3, 0.4) is 0 Å². The van der Waals surface area contributed by atoms with E-state index in [1.54, 1.807) is 30.5 Å². The molecule has 1 heterocycles. The number of thiazole rings is 1. The molecule has 0 spiro atoms. The Balaban J connectivity index is 1.63. The average Bonchev–Trinajstić information content (AvgIpc) is 3.05. The Bertz CT molecular complexity index is 789. The second kappa shape index (κ2) is 7.19. The Morgan fingerprint density at radius 2 is 1.78 bits per heavy atom. The third-order valence-electron chi connectivity index (χ3n) is 3.18. The van der Waals surface area contributed by atoms with Crippen molar-refractivity contribution in [2.24, 2.45) is 5.10 Å². The van der Waals surface area contributed by atoms with Crippen molar-refractivity contribution in [3.8, 4) is 11.3 Å². The number of hydrazone groups is 1. The maximum absolute atomic E-state index is 9.04. The van der Waals surface area contributed by atoms with E-state index in [-0.39, 0.29) is 0 Å². The summed E-state index contributed by atoms with van der Waals surface area (Å²) < 4.78 is 0. The molecule has 5 nitrogen and oxygen atoms in total. The number of aromatic nitrogens is 1. The van der Waals surface area contributed by atoms with Crippen LogP contribution in [0.1, 0.15) is 5.56 Å². The van der Waals surface area contributed by atoms with Crippen LogP contribution < -0.4 is 10.9 Å². The van der Waals surface area contributed by atoms with Gasteiger partial charge >= 0.3 is 7.12 Å². The van der Waals surface area contributed by atoms with Crippen LogP contribution in [-0.2, 0) is 0 Å². The molecule has 0 atom stereocenters. The summed E-state index contributed by atoms with van der Waals surface area (Å²) >= 11 is 1.48. The van der Waals surface area contributed by atoms with Crippen molar-refractivity contribution in [2.45, 2.75) is 0 Å². The van der Waals surface area contributed by atoms with Crippen LogP contribution in [0.15, 0.2) is 65.1 Å². The zero-order valence-corrected chi connectivity index (χ0v) is 12.9. The molecule has 114 valence electrons. The number of anilines is 1. The summed E-state index contributed by atoms with van der Waals surface area (Å²) in [6.45, 7) is 0. The standard InChI is InChI=1S/C16H14BN3O2S/c21-17(22)14-8-6-12(7-9-14)10-18-20-16-19-15(11-23-16)13-4-2-1-3-5-13/h1-11,21-22H,(H,19,20). The highest BCUT2D eigenvalue weighted by Gasteiger charge is 2.09. The molecule has 3 aromatic rings.